The third kappa shape index (κ3) is 3.31. The molecule has 0 bridgehead atoms. The first kappa shape index (κ1) is 18.4. The molecule has 0 aliphatic carbocycles. The molecule has 0 saturated carbocycles. The van der Waals surface area contributed by atoms with Crippen molar-refractivity contribution in [1.29, 1.82) is 0 Å². The Morgan fingerprint density at radius 3 is 2.54 bits per heavy atom. The maximum absolute atomic E-state index is 14.0. The molecule has 2 aromatic rings. The van der Waals surface area contributed by atoms with Crippen LogP contribution in [0.3, 0.4) is 0 Å². The van der Waals surface area contributed by atoms with Crippen molar-refractivity contribution in [1.82, 2.24) is 0 Å². The summed E-state index contributed by atoms with van der Waals surface area (Å²) >= 11 is 0. The van der Waals surface area contributed by atoms with Gasteiger partial charge in [0.15, 0.2) is 0 Å². The molecule has 0 fully saturated rings. The molecule has 3 rings (SSSR count). The topological polar surface area (TPSA) is 30.8 Å². The van der Waals surface area contributed by atoms with Crippen LogP contribution < -0.4 is 0 Å². The first-order valence-electron chi connectivity index (χ1n) is 7.85. The zero-order valence-electron chi connectivity index (χ0n) is 14.2. The lowest BCUT2D eigenvalue weighted by atomic mass is 9.85. The third-order valence-corrected chi connectivity index (χ3v) is 4.19. The average Bonchev–Trinajstić information content (AvgIpc) is 3.02. The minimum absolute atomic E-state index is 0.0610. The van der Waals surface area contributed by atoms with Crippen LogP contribution in [0.1, 0.15) is 28.7 Å². The van der Waals surface area contributed by atoms with Crippen molar-refractivity contribution in [2.75, 3.05) is 7.11 Å². The van der Waals surface area contributed by atoms with Gasteiger partial charge in [0.25, 0.3) is 5.60 Å². The molecule has 1 heterocycles. The highest BCUT2D eigenvalue weighted by atomic mass is 19.4. The summed E-state index contributed by atoms with van der Waals surface area (Å²) in [7, 11) is 1.46. The van der Waals surface area contributed by atoms with Crippen LogP contribution in [-0.4, -0.2) is 19.0 Å². The number of aryl methyl sites for hydroxylation is 1. The van der Waals surface area contributed by atoms with Gasteiger partial charge in [0, 0.05) is 19.1 Å². The normalized spacial score (nSPS) is 20.0. The number of nitrogens with zero attached hydrogens (tertiary/aromatic N) is 1. The van der Waals surface area contributed by atoms with Gasteiger partial charge in [-0.1, -0.05) is 23.4 Å². The standard InChI is InChI=1S/C19H16F4NO2/c1-12-7-13(11-25-2)9-15(8-12)18(19(21,22)23)10-17(24-26-18)14-3-5-16(20)6-4-14/h3-6,8-9H,10-11H2,1-2H3. The lowest BCUT2D eigenvalue weighted by molar-refractivity contribution is -0.275. The summed E-state index contributed by atoms with van der Waals surface area (Å²) in [5, 5.41) is 3.67. The van der Waals surface area contributed by atoms with Gasteiger partial charge in [0.1, 0.15) is 5.82 Å². The Balaban J connectivity index is 2.02. The summed E-state index contributed by atoms with van der Waals surface area (Å²) in [5.74, 6) is -0.478. The zero-order valence-corrected chi connectivity index (χ0v) is 14.2. The fourth-order valence-electron chi connectivity index (χ4n) is 2.96. The Hall–Kier alpha value is -2.41. The maximum atomic E-state index is 14.0. The Morgan fingerprint density at radius 1 is 1.23 bits per heavy atom. The number of halogens is 4. The third-order valence-electron chi connectivity index (χ3n) is 4.19. The Labute approximate surface area is 148 Å². The summed E-state index contributed by atoms with van der Waals surface area (Å²) in [5.41, 5.74) is -1.13. The van der Waals surface area contributed by atoms with E-state index in [1.165, 1.54) is 43.5 Å². The van der Waals surface area contributed by atoms with Crippen LogP contribution in [0.2, 0.25) is 0 Å². The van der Waals surface area contributed by atoms with Crippen LogP contribution in [0.5, 0.6) is 0 Å². The van der Waals surface area contributed by atoms with E-state index in [0.717, 1.165) is 0 Å². The number of oxime groups is 1. The number of benzene rings is 2. The summed E-state index contributed by atoms with van der Waals surface area (Å²) in [4.78, 5) is 4.99. The van der Waals surface area contributed by atoms with Gasteiger partial charge < -0.3 is 9.57 Å². The van der Waals surface area contributed by atoms with Crippen LogP contribution in [0.15, 0.2) is 41.6 Å². The lowest BCUT2D eigenvalue weighted by Crippen LogP contribution is -2.42. The predicted octanol–water partition coefficient (Wildman–Crippen LogP) is 4.66. The van der Waals surface area contributed by atoms with Crippen molar-refractivity contribution in [3.63, 3.8) is 0 Å². The molecule has 2 aromatic carbocycles. The maximum Gasteiger partial charge on any atom is 0.435 e. The summed E-state index contributed by atoms with van der Waals surface area (Å²) in [6.45, 7) is 1.79. The number of alkyl halides is 3. The molecule has 137 valence electrons. The smallest absolute Gasteiger partial charge is 0.380 e. The number of hydrogen-bond donors (Lipinski definition) is 0. The van der Waals surface area contributed by atoms with Crippen molar-refractivity contribution in [3.8, 4) is 0 Å². The van der Waals surface area contributed by atoms with Crippen molar-refractivity contribution >= 4 is 5.71 Å². The van der Waals surface area contributed by atoms with Crippen LogP contribution in [0, 0.1) is 18.8 Å². The molecule has 1 radical (unpaired) electrons. The number of methoxy groups -OCH3 is 1. The molecule has 1 aliphatic rings. The molecule has 0 aromatic heterocycles. The van der Waals surface area contributed by atoms with E-state index in [1.54, 1.807) is 6.92 Å². The fourth-order valence-corrected chi connectivity index (χ4v) is 2.96. The number of hydrogen-bond acceptors (Lipinski definition) is 3. The van der Waals surface area contributed by atoms with Gasteiger partial charge in [-0.15, -0.1) is 0 Å². The molecule has 0 N–H and O–H groups in total. The molecule has 1 atom stereocenters. The first-order valence-corrected chi connectivity index (χ1v) is 7.85. The van der Waals surface area contributed by atoms with E-state index in [0.29, 0.717) is 16.7 Å². The largest absolute Gasteiger partial charge is 0.435 e. The van der Waals surface area contributed by atoms with E-state index in [1.807, 2.05) is 0 Å². The van der Waals surface area contributed by atoms with E-state index in [-0.39, 0.29) is 17.9 Å². The van der Waals surface area contributed by atoms with Gasteiger partial charge in [-0.25, -0.2) is 4.39 Å². The summed E-state index contributed by atoms with van der Waals surface area (Å²) in [6, 6.07) is 10.8. The van der Waals surface area contributed by atoms with E-state index in [9.17, 15) is 17.6 Å². The number of ether oxygens (including phenoxy) is 1. The molecule has 26 heavy (non-hydrogen) atoms. The molecule has 0 spiro atoms. The van der Waals surface area contributed by atoms with E-state index >= 15 is 0 Å². The highest BCUT2D eigenvalue weighted by molar-refractivity contribution is 6.01. The Morgan fingerprint density at radius 2 is 1.92 bits per heavy atom. The van der Waals surface area contributed by atoms with E-state index < -0.39 is 24.0 Å². The van der Waals surface area contributed by atoms with Crippen LogP contribution in [-0.2, 0) is 21.8 Å². The Kier molecular flexibility index (Phi) is 4.75. The molecule has 0 saturated heterocycles. The van der Waals surface area contributed by atoms with Crippen molar-refractivity contribution in [2.45, 2.75) is 31.7 Å². The SMILES string of the molecule is COCc1[c]c(C)cc(C2(C(F)(F)F)CC(c3ccc(F)cc3)=NO2)c1. The highest BCUT2D eigenvalue weighted by Gasteiger charge is 2.62. The van der Waals surface area contributed by atoms with Gasteiger partial charge in [-0.2, -0.15) is 13.2 Å². The van der Waals surface area contributed by atoms with Gasteiger partial charge in [0.05, 0.1) is 12.3 Å². The lowest BCUT2D eigenvalue weighted by Gasteiger charge is -2.30. The second-order valence-corrected chi connectivity index (χ2v) is 6.15. The first-order chi connectivity index (χ1) is 12.2. The molecule has 7 heteroatoms. The molecule has 3 nitrogen and oxygen atoms in total. The molecule has 0 amide bonds. The van der Waals surface area contributed by atoms with Crippen molar-refractivity contribution < 1.29 is 27.1 Å². The van der Waals surface area contributed by atoms with Gasteiger partial charge in [-0.05, 0) is 47.9 Å². The van der Waals surface area contributed by atoms with Gasteiger partial charge >= 0.3 is 6.18 Å². The minimum atomic E-state index is -4.70. The molecule has 1 aliphatic heterocycles. The van der Waals surface area contributed by atoms with E-state index in [4.69, 9.17) is 9.57 Å². The quantitative estimate of drug-likeness (QED) is 0.737. The molecular weight excluding hydrogens is 350 g/mol. The highest BCUT2D eigenvalue weighted by Crippen LogP contribution is 2.49. The molecular formula is C19H16F4NO2. The van der Waals surface area contributed by atoms with Crippen LogP contribution in [0.4, 0.5) is 17.6 Å². The van der Waals surface area contributed by atoms with Gasteiger partial charge in [0.2, 0.25) is 0 Å². The number of rotatable bonds is 4. The monoisotopic (exact) mass is 366 g/mol. The summed E-state index contributed by atoms with van der Waals surface area (Å²) < 4.78 is 60.1. The van der Waals surface area contributed by atoms with Crippen molar-refractivity contribution in [3.05, 3.63) is 70.5 Å². The predicted molar refractivity (Wildman–Crippen MR) is 87.1 cm³/mol. The van der Waals surface area contributed by atoms with Gasteiger partial charge in [-0.3, -0.25) is 0 Å². The minimum Gasteiger partial charge on any atom is -0.380 e. The second-order valence-electron chi connectivity index (χ2n) is 6.15. The van der Waals surface area contributed by atoms with Crippen molar-refractivity contribution in [2.24, 2.45) is 5.16 Å². The molecule has 1 unspecified atom stereocenters. The Bertz CT molecular complexity index is 830. The van der Waals surface area contributed by atoms with E-state index in [2.05, 4.69) is 11.2 Å². The summed E-state index contributed by atoms with van der Waals surface area (Å²) in [6.07, 6.45) is -5.20. The van der Waals surface area contributed by atoms with Crippen LogP contribution in [0.25, 0.3) is 0 Å². The average molecular weight is 366 g/mol. The fraction of sp³-hybridized carbons (Fsp3) is 0.316. The van der Waals surface area contributed by atoms with Crippen LogP contribution >= 0.6 is 0 Å². The second kappa shape index (κ2) is 6.72. The zero-order chi connectivity index (χ0) is 18.9.